The summed E-state index contributed by atoms with van der Waals surface area (Å²) in [5.74, 6) is 0. The molecule has 0 radical (unpaired) electrons. The molecule has 32 heavy (non-hydrogen) atoms. The zero-order valence-corrected chi connectivity index (χ0v) is 19.0. The van der Waals surface area contributed by atoms with Crippen molar-refractivity contribution < 1.29 is 0 Å². The van der Waals surface area contributed by atoms with Gasteiger partial charge in [-0.3, -0.25) is 4.90 Å². The van der Waals surface area contributed by atoms with Crippen LogP contribution in [0.25, 0.3) is 0 Å². The van der Waals surface area contributed by atoms with Crippen molar-refractivity contribution >= 4 is 23.1 Å². The van der Waals surface area contributed by atoms with E-state index in [-0.39, 0.29) is 0 Å². The standard InChI is InChI=1S/C28H27N3S/c29-19-21-10-13-26-28(16-21)32-27-9-5-4-8-25(27)31(26)24-17-22-11-12-23(18-24)30(22)15-14-20-6-2-1-3-7-20/h1-10,13,16,22-24H,11-12,14-15,17-18H2. The zero-order valence-electron chi connectivity index (χ0n) is 18.2. The van der Waals surface area contributed by atoms with Crippen LogP contribution in [0.4, 0.5) is 11.4 Å². The fraction of sp³-hybridized carbons (Fsp3) is 0.321. The highest BCUT2D eigenvalue weighted by atomic mass is 32.2. The Labute approximate surface area is 194 Å². The minimum absolute atomic E-state index is 0.509. The highest BCUT2D eigenvalue weighted by molar-refractivity contribution is 7.99. The first-order chi connectivity index (χ1) is 15.8. The molecule has 2 atom stereocenters. The Morgan fingerprint density at radius 3 is 2.31 bits per heavy atom. The molecule has 6 rings (SSSR count). The first kappa shape index (κ1) is 19.9. The van der Waals surface area contributed by atoms with Gasteiger partial charge in [0.25, 0.3) is 0 Å². The van der Waals surface area contributed by atoms with Gasteiger partial charge in [-0.05, 0) is 68.0 Å². The largest absolute Gasteiger partial charge is 0.336 e. The SMILES string of the molecule is N#Cc1ccc2c(c1)Sc1ccccc1N2C1CC2CCC(C1)N2CCc1ccccc1. The second-order valence-corrected chi connectivity index (χ2v) is 10.3. The van der Waals surface area contributed by atoms with Crippen LogP contribution in [-0.4, -0.2) is 29.6 Å². The van der Waals surface area contributed by atoms with Crippen molar-refractivity contribution in [3.8, 4) is 6.07 Å². The van der Waals surface area contributed by atoms with Crippen LogP contribution in [0.15, 0.2) is 82.6 Å². The summed E-state index contributed by atoms with van der Waals surface area (Å²) in [5, 5.41) is 9.41. The van der Waals surface area contributed by atoms with Gasteiger partial charge in [0.1, 0.15) is 0 Å². The van der Waals surface area contributed by atoms with E-state index in [0.717, 1.165) is 12.0 Å². The number of hydrogen-bond donors (Lipinski definition) is 0. The van der Waals surface area contributed by atoms with Gasteiger partial charge < -0.3 is 4.90 Å². The fourth-order valence-electron chi connectivity index (χ4n) is 5.97. The lowest BCUT2D eigenvalue weighted by Gasteiger charge is -2.46. The quantitative estimate of drug-likeness (QED) is 0.472. The molecule has 3 heterocycles. The van der Waals surface area contributed by atoms with Crippen molar-refractivity contribution in [2.24, 2.45) is 0 Å². The van der Waals surface area contributed by atoms with E-state index in [9.17, 15) is 5.26 Å². The van der Waals surface area contributed by atoms with Crippen LogP contribution in [0.1, 0.15) is 36.8 Å². The van der Waals surface area contributed by atoms with Crippen LogP contribution < -0.4 is 4.90 Å². The summed E-state index contributed by atoms with van der Waals surface area (Å²) in [7, 11) is 0. The lowest BCUT2D eigenvalue weighted by Crippen LogP contribution is -2.50. The molecule has 3 nitrogen and oxygen atoms in total. The van der Waals surface area contributed by atoms with Crippen molar-refractivity contribution in [3.63, 3.8) is 0 Å². The van der Waals surface area contributed by atoms with Gasteiger partial charge in [0.2, 0.25) is 0 Å². The number of piperidine rings is 1. The number of hydrogen-bond acceptors (Lipinski definition) is 4. The molecule has 4 heteroatoms. The average Bonchev–Trinajstić information content (AvgIpc) is 3.08. The Balaban J connectivity index is 1.27. The summed E-state index contributed by atoms with van der Waals surface area (Å²) < 4.78 is 0. The second-order valence-electron chi connectivity index (χ2n) is 9.22. The van der Waals surface area contributed by atoms with Gasteiger partial charge in [-0.25, -0.2) is 0 Å². The topological polar surface area (TPSA) is 30.3 Å². The van der Waals surface area contributed by atoms with E-state index in [1.807, 2.05) is 6.07 Å². The normalized spacial score (nSPS) is 24.0. The molecule has 2 saturated heterocycles. The van der Waals surface area contributed by atoms with Crippen LogP contribution in [-0.2, 0) is 6.42 Å². The van der Waals surface area contributed by atoms with Crippen LogP contribution in [0.2, 0.25) is 0 Å². The molecule has 3 aliphatic heterocycles. The minimum atomic E-state index is 0.509. The summed E-state index contributed by atoms with van der Waals surface area (Å²) >= 11 is 1.80. The molecular weight excluding hydrogens is 410 g/mol. The number of rotatable bonds is 4. The summed E-state index contributed by atoms with van der Waals surface area (Å²) in [6.07, 6.45) is 6.20. The Bertz CT molecular complexity index is 1150. The molecular formula is C28H27N3S. The Hall–Kier alpha value is -2.74. The van der Waals surface area contributed by atoms with Crippen molar-refractivity contribution in [1.29, 1.82) is 5.26 Å². The summed E-state index contributed by atoms with van der Waals surface area (Å²) in [4.78, 5) is 7.91. The van der Waals surface area contributed by atoms with E-state index >= 15 is 0 Å². The maximum Gasteiger partial charge on any atom is 0.0992 e. The van der Waals surface area contributed by atoms with Gasteiger partial charge in [0, 0.05) is 34.5 Å². The van der Waals surface area contributed by atoms with E-state index in [2.05, 4.69) is 82.6 Å². The molecule has 2 fully saturated rings. The van der Waals surface area contributed by atoms with Crippen LogP contribution in [0.5, 0.6) is 0 Å². The lowest BCUT2D eigenvalue weighted by molar-refractivity contribution is 0.129. The number of anilines is 2. The Morgan fingerprint density at radius 2 is 1.53 bits per heavy atom. The van der Waals surface area contributed by atoms with Crippen molar-refractivity contribution in [2.45, 2.75) is 60.0 Å². The van der Waals surface area contributed by atoms with Gasteiger partial charge in [-0.2, -0.15) is 5.26 Å². The van der Waals surface area contributed by atoms with E-state index < -0.39 is 0 Å². The molecule has 0 aliphatic carbocycles. The average molecular weight is 438 g/mol. The summed E-state index contributed by atoms with van der Waals surface area (Å²) in [6.45, 7) is 1.17. The third kappa shape index (κ3) is 3.50. The predicted octanol–water partition coefficient (Wildman–Crippen LogP) is 6.40. The lowest BCUT2D eigenvalue weighted by atomic mass is 9.94. The van der Waals surface area contributed by atoms with Crippen LogP contribution in [0, 0.1) is 11.3 Å². The van der Waals surface area contributed by atoms with Gasteiger partial charge in [0.15, 0.2) is 0 Å². The molecule has 0 N–H and O–H groups in total. The minimum Gasteiger partial charge on any atom is -0.336 e. The number of fused-ring (bicyclic) bond motifs is 4. The Morgan fingerprint density at radius 1 is 0.812 bits per heavy atom. The fourth-order valence-corrected chi connectivity index (χ4v) is 7.08. The maximum atomic E-state index is 9.41. The zero-order chi connectivity index (χ0) is 21.5. The number of para-hydroxylation sites is 1. The Kier molecular flexibility index (Phi) is 5.17. The van der Waals surface area contributed by atoms with Crippen LogP contribution in [0.3, 0.4) is 0 Å². The molecule has 0 aromatic heterocycles. The summed E-state index contributed by atoms with van der Waals surface area (Å²) in [5.41, 5.74) is 4.79. The van der Waals surface area contributed by atoms with Gasteiger partial charge in [0.05, 0.1) is 23.0 Å². The van der Waals surface area contributed by atoms with Crippen molar-refractivity contribution in [1.82, 2.24) is 4.90 Å². The van der Waals surface area contributed by atoms with E-state index in [0.29, 0.717) is 18.1 Å². The van der Waals surface area contributed by atoms with Crippen LogP contribution >= 0.6 is 11.8 Å². The van der Waals surface area contributed by atoms with Gasteiger partial charge in [-0.1, -0.05) is 54.2 Å². The third-order valence-electron chi connectivity index (χ3n) is 7.42. The molecule has 0 spiro atoms. The first-order valence-corrected chi connectivity index (χ1v) is 12.5. The van der Waals surface area contributed by atoms with E-state index in [1.165, 1.54) is 59.0 Å². The molecule has 3 aliphatic rings. The summed E-state index contributed by atoms with van der Waals surface area (Å²) in [6, 6.07) is 30.1. The van der Waals surface area contributed by atoms with Crippen molar-refractivity contribution in [3.05, 3.63) is 83.9 Å². The molecule has 2 unspecified atom stereocenters. The second kappa shape index (κ2) is 8.31. The first-order valence-electron chi connectivity index (χ1n) is 11.7. The highest BCUT2D eigenvalue weighted by Gasteiger charge is 2.43. The third-order valence-corrected chi connectivity index (χ3v) is 8.53. The molecule has 0 amide bonds. The highest BCUT2D eigenvalue weighted by Crippen LogP contribution is 2.51. The smallest absolute Gasteiger partial charge is 0.0992 e. The van der Waals surface area contributed by atoms with Gasteiger partial charge >= 0.3 is 0 Å². The number of nitrogens with zero attached hydrogens (tertiary/aromatic N) is 3. The van der Waals surface area contributed by atoms with Crippen molar-refractivity contribution in [2.75, 3.05) is 11.4 Å². The monoisotopic (exact) mass is 437 g/mol. The molecule has 0 saturated carbocycles. The predicted molar refractivity (Wildman–Crippen MR) is 131 cm³/mol. The van der Waals surface area contributed by atoms with E-state index in [4.69, 9.17) is 0 Å². The number of nitriles is 1. The van der Waals surface area contributed by atoms with Gasteiger partial charge in [-0.15, -0.1) is 0 Å². The molecule has 3 aromatic rings. The number of benzene rings is 3. The van der Waals surface area contributed by atoms with E-state index in [1.54, 1.807) is 11.8 Å². The maximum absolute atomic E-state index is 9.41. The molecule has 160 valence electrons. The molecule has 3 aromatic carbocycles. The molecule has 2 bridgehead atoms.